The second-order valence-corrected chi connectivity index (χ2v) is 4.23. The zero-order valence-corrected chi connectivity index (χ0v) is 13.0. The number of carbonyl (C=O) groups excluding carboxylic acids is 2. The molecule has 0 aliphatic heterocycles. The van der Waals surface area contributed by atoms with Crippen LogP contribution in [0.25, 0.3) is 1.43 Å². The number of methoxy groups -OCH3 is 1. The largest absolute Gasteiger partial charge is 0.469 e. The van der Waals surface area contributed by atoms with E-state index in [1.807, 2.05) is 6.07 Å². The van der Waals surface area contributed by atoms with Crippen molar-refractivity contribution in [2.75, 3.05) is 27.2 Å². The Morgan fingerprint density at radius 2 is 1.95 bits per heavy atom. The van der Waals surface area contributed by atoms with Gasteiger partial charge in [-0.05, 0) is 19.1 Å². The molecule has 22 heavy (non-hydrogen) atoms. The van der Waals surface area contributed by atoms with Crippen LogP contribution in [-0.4, -0.2) is 55.2 Å². The van der Waals surface area contributed by atoms with Gasteiger partial charge in [-0.2, -0.15) is 0 Å². The maximum Gasteiger partial charge on any atom is 0.407 e. The number of carbonyl (C=O) groups is 3. The molecule has 0 spiro atoms. The number of carboxylic acid groups (broad SMARTS) is 1. The molecular weight excluding hydrogens is 288 g/mol. The Hall–Kier alpha value is -2.57. The average Bonchev–Trinajstić information content (AvgIpc) is 2.61. The smallest absolute Gasteiger partial charge is 0.407 e. The number of rotatable bonds is 5. The monoisotopic (exact) mass is 311 g/mol. The molecule has 0 radical (unpaired) electrons. The zero-order chi connectivity index (χ0) is 17.7. The van der Waals surface area contributed by atoms with E-state index in [9.17, 15) is 14.4 Å². The molecule has 0 aliphatic rings. The molecule has 122 valence electrons. The van der Waals surface area contributed by atoms with Crippen LogP contribution in [0.5, 0.6) is 0 Å². The average molecular weight is 311 g/mol. The number of nitrogens with one attached hydrogen (secondary N) is 1. The van der Waals surface area contributed by atoms with Crippen LogP contribution >= 0.6 is 0 Å². The van der Waals surface area contributed by atoms with E-state index in [2.05, 4.69) is 15.2 Å². The van der Waals surface area contributed by atoms with Gasteiger partial charge < -0.3 is 20.1 Å². The summed E-state index contributed by atoms with van der Waals surface area (Å²) >= 11 is 0. The highest BCUT2D eigenvalue weighted by Gasteiger charge is 2.05. The third kappa shape index (κ3) is 8.57. The molecule has 0 fully saturated rings. The Labute approximate surface area is 131 Å². The van der Waals surface area contributed by atoms with E-state index in [0.29, 0.717) is 18.7 Å². The SMILES string of the molecule is COC(=O)CCNC(=O)c1ccccc1.[2H]OC(=O)N(C)CC. The van der Waals surface area contributed by atoms with Crippen molar-refractivity contribution in [3.8, 4) is 0 Å². The quantitative estimate of drug-likeness (QED) is 0.805. The van der Waals surface area contributed by atoms with Gasteiger partial charge in [0, 0.05) is 25.7 Å². The van der Waals surface area contributed by atoms with Gasteiger partial charge in [0.1, 0.15) is 0 Å². The Kier molecular flexibility index (Phi) is 8.84. The van der Waals surface area contributed by atoms with E-state index >= 15 is 0 Å². The molecule has 0 unspecified atom stereocenters. The molecule has 0 heterocycles. The Balaban J connectivity index is 0.000000515. The van der Waals surface area contributed by atoms with E-state index in [-0.39, 0.29) is 18.3 Å². The van der Waals surface area contributed by atoms with E-state index < -0.39 is 6.09 Å². The fourth-order valence-corrected chi connectivity index (χ4v) is 1.20. The molecule has 0 aromatic heterocycles. The summed E-state index contributed by atoms with van der Waals surface area (Å²) in [7, 11) is 2.89. The van der Waals surface area contributed by atoms with Crippen LogP contribution < -0.4 is 5.32 Å². The number of amides is 2. The van der Waals surface area contributed by atoms with Crippen LogP contribution in [0.4, 0.5) is 4.79 Å². The minimum atomic E-state index is -0.618. The Morgan fingerprint density at radius 1 is 1.32 bits per heavy atom. The number of ether oxygens (including phenoxy) is 1. The number of nitrogens with zero attached hydrogens (tertiary/aromatic N) is 1. The van der Waals surface area contributed by atoms with E-state index in [1.54, 1.807) is 38.2 Å². The van der Waals surface area contributed by atoms with Gasteiger partial charge in [0.15, 0.2) is 0 Å². The third-order valence-electron chi connectivity index (χ3n) is 2.66. The van der Waals surface area contributed by atoms with Gasteiger partial charge in [0.2, 0.25) is 0 Å². The summed E-state index contributed by atoms with van der Waals surface area (Å²) in [4.78, 5) is 33.8. The van der Waals surface area contributed by atoms with Crippen molar-refractivity contribution in [2.24, 2.45) is 0 Å². The molecule has 2 amide bonds. The molecule has 7 nitrogen and oxygen atoms in total. The van der Waals surface area contributed by atoms with Crippen LogP contribution in [0.3, 0.4) is 0 Å². The molecule has 0 saturated heterocycles. The van der Waals surface area contributed by atoms with Crippen LogP contribution in [0, 0.1) is 0 Å². The van der Waals surface area contributed by atoms with Crippen LogP contribution in [-0.2, 0) is 9.53 Å². The molecule has 7 heteroatoms. The minimum absolute atomic E-state index is 0.181. The molecule has 2 N–H and O–H groups in total. The number of hydrogen-bond donors (Lipinski definition) is 2. The number of esters is 1. The topological polar surface area (TPSA) is 95.9 Å². The highest BCUT2D eigenvalue weighted by Crippen LogP contribution is 1.97. The standard InChI is InChI=1S/C11H13NO3.C4H9NO2/c1-15-10(13)7-8-12-11(14)9-5-3-2-4-6-9;1-3-5(2)4(6)7/h2-6H,7-8H2,1H3,(H,12,14);3H2,1-2H3,(H,6,7)/i/hD. The maximum atomic E-state index is 11.5. The fourth-order valence-electron chi connectivity index (χ4n) is 1.20. The summed E-state index contributed by atoms with van der Waals surface area (Å²) in [5.41, 5.74) is 0.586. The molecule has 0 saturated carbocycles. The van der Waals surface area contributed by atoms with Gasteiger partial charge in [-0.25, -0.2) is 4.79 Å². The molecule has 0 atom stereocenters. The third-order valence-corrected chi connectivity index (χ3v) is 2.66. The normalized spacial score (nSPS) is 9.50. The van der Waals surface area contributed by atoms with Gasteiger partial charge in [0.05, 0.1) is 13.5 Å². The molecule has 1 aromatic carbocycles. The molecular formula is C15H22N2O5. The lowest BCUT2D eigenvalue weighted by atomic mass is 10.2. The Morgan fingerprint density at radius 3 is 2.41 bits per heavy atom. The van der Waals surface area contributed by atoms with Gasteiger partial charge in [-0.15, -0.1) is 0 Å². The first-order valence-electron chi connectivity index (χ1n) is 7.15. The lowest BCUT2D eigenvalue weighted by Gasteiger charge is -2.06. The second-order valence-electron chi connectivity index (χ2n) is 4.23. The van der Waals surface area contributed by atoms with Gasteiger partial charge in [-0.3, -0.25) is 9.59 Å². The zero-order valence-electron chi connectivity index (χ0n) is 14.0. The van der Waals surface area contributed by atoms with Crippen molar-refractivity contribution in [1.29, 1.82) is 1.43 Å². The minimum Gasteiger partial charge on any atom is -0.469 e. The highest BCUT2D eigenvalue weighted by atomic mass is 16.5. The van der Waals surface area contributed by atoms with Crippen molar-refractivity contribution < 1.29 is 24.2 Å². The molecule has 0 aliphatic carbocycles. The van der Waals surface area contributed by atoms with Gasteiger partial charge in [0.25, 0.3) is 7.34 Å². The Bertz CT molecular complexity index is 496. The summed E-state index contributed by atoms with van der Waals surface area (Å²) in [6.45, 7) is 2.66. The van der Waals surface area contributed by atoms with E-state index in [4.69, 9.17) is 1.43 Å². The van der Waals surface area contributed by atoms with Crippen molar-refractivity contribution in [2.45, 2.75) is 13.3 Å². The summed E-state index contributed by atoms with van der Waals surface area (Å²) in [5, 5.41) is 6.26. The van der Waals surface area contributed by atoms with Crippen molar-refractivity contribution in [3.05, 3.63) is 35.9 Å². The van der Waals surface area contributed by atoms with Crippen LogP contribution in [0.15, 0.2) is 30.3 Å². The van der Waals surface area contributed by atoms with Crippen LogP contribution in [0.2, 0.25) is 0 Å². The summed E-state index contributed by atoms with van der Waals surface area (Å²) in [5.74, 6) is -0.511. The summed E-state index contributed by atoms with van der Waals surface area (Å²) in [6, 6.07) is 8.84. The summed E-state index contributed by atoms with van der Waals surface area (Å²) in [6.07, 6.45) is -0.428. The van der Waals surface area contributed by atoms with Crippen LogP contribution in [0.1, 0.15) is 23.7 Å². The molecule has 1 aromatic rings. The van der Waals surface area contributed by atoms with E-state index in [0.717, 1.165) is 0 Å². The number of benzene rings is 1. The number of hydrogen-bond acceptors (Lipinski definition) is 5. The van der Waals surface area contributed by atoms with Crippen molar-refractivity contribution in [3.63, 3.8) is 0 Å². The maximum absolute atomic E-state index is 11.5. The first-order chi connectivity index (χ1) is 11.0. The highest BCUT2D eigenvalue weighted by molar-refractivity contribution is 5.94. The van der Waals surface area contributed by atoms with E-state index in [1.165, 1.54) is 12.0 Å². The fraction of sp³-hybridized carbons (Fsp3) is 0.400. The molecule has 0 bridgehead atoms. The van der Waals surface area contributed by atoms with Gasteiger partial charge >= 0.3 is 12.1 Å². The lowest BCUT2D eigenvalue weighted by molar-refractivity contribution is -0.140. The predicted octanol–water partition coefficient (Wildman–Crippen LogP) is 1.60. The van der Waals surface area contributed by atoms with Crippen molar-refractivity contribution in [1.82, 2.24) is 10.2 Å². The first-order valence-corrected chi connectivity index (χ1v) is 6.74. The first kappa shape index (κ1) is 17.5. The predicted molar refractivity (Wildman–Crippen MR) is 81.7 cm³/mol. The van der Waals surface area contributed by atoms with Gasteiger partial charge in [-0.1, -0.05) is 18.2 Å². The van der Waals surface area contributed by atoms with Crippen molar-refractivity contribution >= 4 is 18.0 Å². The molecule has 1 rings (SSSR count). The lowest BCUT2D eigenvalue weighted by Crippen LogP contribution is -2.26. The second kappa shape index (κ2) is 11.1. The summed E-state index contributed by atoms with van der Waals surface area (Å²) < 4.78 is 10.6.